The van der Waals surface area contributed by atoms with Crippen molar-refractivity contribution in [2.24, 2.45) is 0 Å². The summed E-state index contributed by atoms with van der Waals surface area (Å²) in [6.07, 6.45) is 0. The van der Waals surface area contributed by atoms with Gasteiger partial charge >= 0.3 is 0 Å². The van der Waals surface area contributed by atoms with Crippen LogP contribution in [-0.4, -0.2) is 15.2 Å². The van der Waals surface area contributed by atoms with Crippen molar-refractivity contribution >= 4 is 11.1 Å². The molecule has 11 heavy (non-hydrogen) atoms. The van der Waals surface area contributed by atoms with Crippen molar-refractivity contribution in [3.63, 3.8) is 0 Å². The molecule has 0 aromatic carbocycles. The summed E-state index contributed by atoms with van der Waals surface area (Å²) in [5.74, 6) is -0.104. The quantitative estimate of drug-likeness (QED) is 0.613. The zero-order chi connectivity index (χ0) is 7.84. The van der Waals surface area contributed by atoms with Crippen LogP contribution in [0.1, 0.15) is 5.69 Å². The molecular weight excluding hydrogens is 144 g/mol. The van der Waals surface area contributed by atoms with Crippen molar-refractivity contribution in [1.82, 2.24) is 10.1 Å². The van der Waals surface area contributed by atoms with E-state index in [9.17, 15) is 0 Å². The van der Waals surface area contributed by atoms with E-state index in [2.05, 4.69) is 10.1 Å². The van der Waals surface area contributed by atoms with Gasteiger partial charge in [-0.3, -0.25) is 0 Å². The second kappa shape index (κ2) is 1.95. The molecule has 0 fully saturated rings. The third-order valence-corrected chi connectivity index (χ3v) is 1.46. The first kappa shape index (κ1) is 6.15. The maximum absolute atomic E-state index is 9.06. The first-order chi connectivity index (χ1) is 5.27. The summed E-state index contributed by atoms with van der Waals surface area (Å²) < 4.78 is 4.72. The monoisotopic (exact) mass is 150 g/mol. The van der Waals surface area contributed by atoms with Gasteiger partial charge in [0.2, 0.25) is 0 Å². The molecule has 0 atom stereocenters. The van der Waals surface area contributed by atoms with Crippen molar-refractivity contribution in [2.75, 3.05) is 0 Å². The van der Waals surface area contributed by atoms with Crippen molar-refractivity contribution in [2.45, 2.75) is 6.92 Å². The number of pyridine rings is 1. The number of hydrogen-bond donors (Lipinski definition) is 1. The first-order valence-electron chi connectivity index (χ1n) is 3.19. The highest BCUT2D eigenvalue weighted by Gasteiger charge is 2.05. The Labute approximate surface area is 62.5 Å². The predicted molar refractivity (Wildman–Crippen MR) is 38.2 cm³/mol. The van der Waals surface area contributed by atoms with E-state index in [0.717, 1.165) is 5.69 Å². The van der Waals surface area contributed by atoms with Crippen LogP contribution >= 0.6 is 0 Å². The number of rotatable bonds is 0. The number of nitrogens with zero attached hydrogens (tertiary/aromatic N) is 2. The predicted octanol–water partition coefficient (Wildman–Crippen LogP) is 1.24. The Morgan fingerprint density at radius 3 is 3.09 bits per heavy atom. The molecule has 2 aromatic heterocycles. The zero-order valence-electron chi connectivity index (χ0n) is 5.90. The van der Waals surface area contributed by atoms with E-state index in [-0.39, 0.29) is 5.88 Å². The van der Waals surface area contributed by atoms with Crippen LogP contribution in [0.15, 0.2) is 16.7 Å². The minimum atomic E-state index is -0.104. The highest BCUT2D eigenvalue weighted by atomic mass is 16.5. The number of fused-ring (bicyclic) bond motifs is 1. The van der Waals surface area contributed by atoms with Crippen molar-refractivity contribution in [3.05, 3.63) is 17.8 Å². The van der Waals surface area contributed by atoms with Gasteiger partial charge < -0.3 is 9.63 Å². The molecule has 0 saturated heterocycles. The molecule has 0 unspecified atom stereocenters. The van der Waals surface area contributed by atoms with Crippen LogP contribution in [0.2, 0.25) is 0 Å². The zero-order valence-corrected chi connectivity index (χ0v) is 5.90. The molecule has 0 saturated carbocycles. The molecule has 2 rings (SSSR count). The minimum absolute atomic E-state index is 0.104. The van der Waals surface area contributed by atoms with Crippen LogP contribution in [0, 0.1) is 6.92 Å². The van der Waals surface area contributed by atoms with Crippen molar-refractivity contribution in [1.29, 1.82) is 0 Å². The third-order valence-electron chi connectivity index (χ3n) is 1.46. The van der Waals surface area contributed by atoms with Gasteiger partial charge in [0, 0.05) is 5.69 Å². The lowest BCUT2D eigenvalue weighted by Crippen LogP contribution is -1.77. The van der Waals surface area contributed by atoms with Crippen LogP contribution < -0.4 is 0 Å². The molecule has 0 spiro atoms. The lowest BCUT2D eigenvalue weighted by Gasteiger charge is -1.87. The molecule has 56 valence electrons. The fourth-order valence-corrected chi connectivity index (χ4v) is 0.908. The molecule has 2 aromatic rings. The van der Waals surface area contributed by atoms with E-state index in [0.29, 0.717) is 11.1 Å². The van der Waals surface area contributed by atoms with E-state index >= 15 is 0 Å². The Morgan fingerprint density at radius 2 is 2.27 bits per heavy atom. The first-order valence-corrected chi connectivity index (χ1v) is 3.19. The van der Waals surface area contributed by atoms with E-state index in [4.69, 9.17) is 9.63 Å². The molecule has 4 heteroatoms. The average molecular weight is 150 g/mol. The summed E-state index contributed by atoms with van der Waals surface area (Å²) in [6, 6.07) is 3.52. The summed E-state index contributed by atoms with van der Waals surface area (Å²) >= 11 is 0. The number of aryl methyl sites for hydroxylation is 1. The summed E-state index contributed by atoms with van der Waals surface area (Å²) in [4.78, 5) is 4.01. The molecule has 0 aliphatic heterocycles. The number of hydrogen-bond acceptors (Lipinski definition) is 4. The van der Waals surface area contributed by atoms with Crippen molar-refractivity contribution in [3.8, 4) is 5.88 Å². The molecule has 4 nitrogen and oxygen atoms in total. The standard InChI is InChI=1S/C7H6N2O2/c1-4-2-3-5-6(10)9-11-7(5)8-4/h2-3H,1H3,(H,9,10). The van der Waals surface area contributed by atoms with Gasteiger partial charge in [0.25, 0.3) is 11.6 Å². The van der Waals surface area contributed by atoms with Gasteiger partial charge in [0.15, 0.2) is 0 Å². The molecule has 0 aliphatic rings. The van der Waals surface area contributed by atoms with E-state index in [1.54, 1.807) is 12.1 Å². The van der Waals surface area contributed by atoms with Crippen LogP contribution in [0.3, 0.4) is 0 Å². The van der Waals surface area contributed by atoms with Crippen molar-refractivity contribution < 1.29 is 9.63 Å². The fraction of sp³-hybridized carbons (Fsp3) is 0.143. The lowest BCUT2D eigenvalue weighted by atomic mass is 10.3. The van der Waals surface area contributed by atoms with Gasteiger partial charge in [0.1, 0.15) is 5.39 Å². The summed E-state index contributed by atoms with van der Waals surface area (Å²) in [7, 11) is 0. The lowest BCUT2D eigenvalue weighted by molar-refractivity contribution is 0.373. The van der Waals surface area contributed by atoms with E-state index in [1.165, 1.54) is 0 Å². The highest BCUT2D eigenvalue weighted by molar-refractivity contribution is 5.78. The van der Waals surface area contributed by atoms with Crippen LogP contribution in [0.25, 0.3) is 11.1 Å². The van der Waals surface area contributed by atoms with Crippen LogP contribution in [0.5, 0.6) is 5.88 Å². The molecular formula is C7H6N2O2. The van der Waals surface area contributed by atoms with E-state index in [1.807, 2.05) is 6.92 Å². The molecule has 0 amide bonds. The minimum Gasteiger partial charge on any atom is -0.491 e. The normalized spacial score (nSPS) is 10.6. The maximum Gasteiger partial charge on any atom is 0.261 e. The number of aromatic hydroxyl groups is 1. The Kier molecular flexibility index (Phi) is 1.09. The second-order valence-corrected chi connectivity index (χ2v) is 2.31. The van der Waals surface area contributed by atoms with E-state index < -0.39 is 0 Å². The molecule has 2 heterocycles. The Morgan fingerprint density at radius 1 is 1.45 bits per heavy atom. The molecule has 0 aliphatic carbocycles. The van der Waals surface area contributed by atoms with Gasteiger partial charge in [-0.2, -0.15) is 0 Å². The highest BCUT2D eigenvalue weighted by Crippen LogP contribution is 2.21. The van der Waals surface area contributed by atoms with Crippen LogP contribution in [-0.2, 0) is 0 Å². The summed E-state index contributed by atoms with van der Waals surface area (Å²) in [6.45, 7) is 1.85. The Balaban J connectivity index is 2.86. The van der Waals surface area contributed by atoms with Crippen LogP contribution in [0.4, 0.5) is 0 Å². The molecule has 1 N–H and O–H groups in total. The molecule has 0 bridgehead atoms. The number of aromatic nitrogens is 2. The van der Waals surface area contributed by atoms with Gasteiger partial charge in [-0.1, -0.05) is 0 Å². The summed E-state index contributed by atoms with van der Waals surface area (Å²) in [5.41, 5.74) is 1.22. The third kappa shape index (κ3) is 0.832. The second-order valence-electron chi connectivity index (χ2n) is 2.31. The smallest absolute Gasteiger partial charge is 0.261 e. The largest absolute Gasteiger partial charge is 0.491 e. The average Bonchev–Trinajstić information content (AvgIpc) is 2.32. The SMILES string of the molecule is Cc1ccc2c(O)noc2n1. The van der Waals surface area contributed by atoms with Gasteiger partial charge in [-0.25, -0.2) is 4.98 Å². The maximum atomic E-state index is 9.06. The Bertz CT molecular complexity index is 394. The van der Waals surface area contributed by atoms with Gasteiger partial charge in [-0.15, -0.1) is 0 Å². The molecule has 0 radical (unpaired) electrons. The van der Waals surface area contributed by atoms with Gasteiger partial charge in [0.05, 0.1) is 0 Å². The topological polar surface area (TPSA) is 59.2 Å². The summed E-state index contributed by atoms with van der Waals surface area (Å²) in [5, 5.41) is 13.0. The van der Waals surface area contributed by atoms with Gasteiger partial charge in [-0.05, 0) is 24.2 Å². The Hall–Kier alpha value is -1.58. The fourth-order valence-electron chi connectivity index (χ4n) is 0.908.